The van der Waals surface area contributed by atoms with Gasteiger partial charge in [-0.3, -0.25) is 0 Å². The molecule has 0 fully saturated rings. The molecule has 0 saturated carbocycles. The Bertz CT molecular complexity index is 920. The number of benzene rings is 2. The van der Waals surface area contributed by atoms with E-state index in [4.69, 9.17) is 10.2 Å². The second-order valence-corrected chi connectivity index (χ2v) is 5.16. The SMILES string of the molecule is O=C(O)c1cccc(/C=C\c2c(C(=O)O)cc(C(=O)O)cc2C(=O)O)c1. The van der Waals surface area contributed by atoms with Crippen molar-refractivity contribution >= 4 is 36.0 Å². The van der Waals surface area contributed by atoms with E-state index >= 15 is 0 Å². The molecule has 26 heavy (non-hydrogen) atoms. The van der Waals surface area contributed by atoms with Crippen LogP contribution in [0.15, 0.2) is 36.4 Å². The Morgan fingerprint density at radius 1 is 0.654 bits per heavy atom. The summed E-state index contributed by atoms with van der Waals surface area (Å²) >= 11 is 0. The Morgan fingerprint density at radius 3 is 1.65 bits per heavy atom. The third-order valence-corrected chi connectivity index (χ3v) is 3.46. The van der Waals surface area contributed by atoms with Crippen LogP contribution in [0.25, 0.3) is 12.2 Å². The van der Waals surface area contributed by atoms with Gasteiger partial charge in [-0.25, -0.2) is 19.2 Å². The average molecular weight is 356 g/mol. The van der Waals surface area contributed by atoms with Crippen LogP contribution in [0.1, 0.15) is 52.6 Å². The van der Waals surface area contributed by atoms with Gasteiger partial charge in [-0.1, -0.05) is 24.3 Å². The fraction of sp³-hybridized carbons (Fsp3) is 0. The first-order chi connectivity index (χ1) is 12.2. The standard InChI is InChI=1S/C18H12O8/c19-15(20)10-3-1-2-9(6-10)4-5-12-13(17(23)24)7-11(16(21)22)8-14(12)18(25)26/h1-8H,(H,19,20)(H,21,22)(H,23,24)(H,25,26)/b5-4-. The fourth-order valence-electron chi connectivity index (χ4n) is 2.27. The van der Waals surface area contributed by atoms with Crippen molar-refractivity contribution in [2.24, 2.45) is 0 Å². The van der Waals surface area contributed by atoms with E-state index in [0.717, 1.165) is 12.1 Å². The number of hydrogen-bond donors (Lipinski definition) is 4. The van der Waals surface area contributed by atoms with Gasteiger partial charge in [-0.05, 0) is 29.8 Å². The highest BCUT2D eigenvalue weighted by molar-refractivity contribution is 6.04. The topological polar surface area (TPSA) is 149 Å². The Kier molecular flexibility index (Phi) is 5.17. The summed E-state index contributed by atoms with van der Waals surface area (Å²) in [5.41, 5.74) is -1.24. The Labute approximate surface area is 146 Å². The molecule has 0 aromatic heterocycles. The summed E-state index contributed by atoms with van der Waals surface area (Å²) in [7, 11) is 0. The van der Waals surface area contributed by atoms with Gasteiger partial charge in [0.15, 0.2) is 0 Å². The Morgan fingerprint density at radius 2 is 1.19 bits per heavy atom. The monoisotopic (exact) mass is 356 g/mol. The summed E-state index contributed by atoms with van der Waals surface area (Å²) in [6.45, 7) is 0. The molecule has 0 aliphatic rings. The van der Waals surface area contributed by atoms with Gasteiger partial charge in [0.25, 0.3) is 0 Å². The van der Waals surface area contributed by atoms with Crippen LogP contribution in [0.5, 0.6) is 0 Å². The van der Waals surface area contributed by atoms with Crippen molar-refractivity contribution in [3.8, 4) is 0 Å². The summed E-state index contributed by atoms with van der Waals surface area (Å²) in [5.74, 6) is -5.59. The third-order valence-electron chi connectivity index (χ3n) is 3.46. The first kappa shape index (κ1) is 18.4. The van der Waals surface area contributed by atoms with Gasteiger partial charge in [-0.15, -0.1) is 0 Å². The molecule has 132 valence electrons. The summed E-state index contributed by atoms with van der Waals surface area (Å²) < 4.78 is 0. The summed E-state index contributed by atoms with van der Waals surface area (Å²) in [6.07, 6.45) is 2.54. The molecule has 0 bridgehead atoms. The van der Waals surface area contributed by atoms with Crippen LogP contribution in [-0.2, 0) is 0 Å². The molecule has 8 heteroatoms. The molecule has 0 aliphatic heterocycles. The minimum absolute atomic E-state index is 0.00490. The molecule has 0 atom stereocenters. The van der Waals surface area contributed by atoms with Crippen molar-refractivity contribution < 1.29 is 39.6 Å². The highest BCUT2D eigenvalue weighted by Crippen LogP contribution is 2.22. The van der Waals surface area contributed by atoms with E-state index in [2.05, 4.69) is 0 Å². The van der Waals surface area contributed by atoms with Crippen molar-refractivity contribution in [1.82, 2.24) is 0 Å². The van der Waals surface area contributed by atoms with Crippen LogP contribution in [0.4, 0.5) is 0 Å². The van der Waals surface area contributed by atoms with Crippen LogP contribution in [0.2, 0.25) is 0 Å². The van der Waals surface area contributed by atoms with Gasteiger partial charge < -0.3 is 20.4 Å². The van der Waals surface area contributed by atoms with Gasteiger partial charge in [0.2, 0.25) is 0 Å². The third kappa shape index (κ3) is 3.93. The molecule has 0 aliphatic carbocycles. The van der Waals surface area contributed by atoms with Gasteiger partial charge in [0.05, 0.1) is 22.3 Å². The summed E-state index contributed by atoms with van der Waals surface area (Å²) in [5, 5.41) is 36.6. The highest BCUT2D eigenvalue weighted by atomic mass is 16.4. The molecule has 0 radical (unpaired) electrons. The zero-order valence-corrected chi connectivity index (χ0v) is 13.0. The molecule has 2 aromatic carbocycles. The lowest BCUT2D eigenvalue weighted by Gasteiger charge is -2.08. The predicted octanol–water partition coefficient (Wildman–Crippen LogP) is 2.65. The van der Waals surface area contributed by atoms with Crippen molar-refractivity contribution in [1.29, 1.82) is 0 Å². The van der Waals surface area contributed by atoms with E-state index in [9.17, 15) is 29.4 Å². The van der Waals surface area contributed by atoms with E-state index < -0.39 is 40.6 Å². The lowest BCUT2D eigenvalue weighted by Crippen LogP contribution is -2.11. The lowest BCUT2D eigenvalue weighted by atomic mass is 9.96. The quantitative estimate of drug-likeness (QED) is 0.577. The zero-order valence-electron chi connectivity index (χ0n) is 13.0. The molecule has 4 N–H and O–H groups in total. The zero-order chi connectivity index (χ0) is 19.4. The molecule has 0 amide bonds. The summed E-state index contributed by atoms with van der Waals surface area (Å²) in [6, 6.07) is 7.45. The number of aromatic carboxylic acids is 4. The van der Waals surface area contributed by atoms with E-state index in [-0.39, 0.29) is 11.1 Å². The molecular weight excluding hydrogens is 344 g/mol. The molecule has 2 aromatic rings. The normalized spacial score (nSPS) is 10.6. The maximum atomic E-state index is 11.4. The predicted molar refractivity (Wildman–Crippen MR) is 89.6 cm³/mol. The second-order valence-electron chi connectivity index (χ2n) is 5.16. The maximum absolute atomic E-state index is 11.4. The first-order valence-corrected chi connectivity index (χ1v) is 7.10. The summed E-state index contributed by atoms with van der Waals surface area (Å²) in [4.78, 5) is 44.9. The first-order valence-electron chi connectivity index (χ1n) is 7.10. The van der Waals surface area contributed by atoms with Gasteiger partial charge in [0, 0.05) is 5.56 Å². The molecule has 0 spiro atoms. The van der Waals surface area contributed by atoms with Crippen molar-refractivity contribution in [3.05, 3.63) is 69.8 Å². The number of carboxylic acids is 4. The fourth-order valence-corrected chi connectivity index (χ4v) is 2.27. The van der Waals surface area contributed by atoms with Crippen LogP contribution in [-0.4, -0.2) is 44.3 Å². The van der Waals surface area contributed by atoms with Gasteiger partial charge in [0.1, 0.15) is 0 Å². The minimum Gasteiger partial charge on any atom is -0.478 e. The van der Waals surface area contributed by atoms with E-state index in [1.54, 1.807) is 6.07 Å². The Hall–Kier alpha value is -3.94. The van der Waals surface area contributed by atoms with Crippen molar-refractivity contribution in [2.45, 2.75) is 0 Å². The van der Waals surface area contributed by atoms with Gasteiger partial charge in [-0.2, -0.15) is 0 Å². The molecule has 0 saturated heterocycles. The van der Waals surface area contributed by atoms with E-state index in [1.807, 2.05) is 0 Å². The smallest absolute Gasteiger partial charge is 0.336 e. The number of carbonyl (C=O) groups is 4. The lowest BCUT2D eigenvalue weighted by molar-refractivity contribution is 0.0679. The molecule has 0 heterocycles. The largest absolute Gasteiger partial charge is 0.478 e. The average Bonchev–Trinajstić information content (AvgIpc) is 2.59. The molecular formula is C18H12O8. The second kappa shape index (κ2) is 7.31. The van der Waals surface area contributed by atoms with Crippen LogP contribution in [0, 0.1) is 0 Å². The minimum atomic E-state index is -1.49. The van der Waals surface area contributed by atoms with Crippen LogP contribution in [0.3, 0.4) is 0 Å². The Balaban J connectivity index is 2.62. The van der Waals surface area contributed by atoms with Crippen molar-refractivity contribution in [3.63, 3.8) is 0 Å². The molecule has 8 nitrogen and oxygen atoms in total. The van der Waals surface area contributed by atoms with Crippen LogP contribution < -0.4 is 0 Å². The van der Waals surface area contributed by atoms with E-state index in [0.29, 0.717) is 5.56 Å². The number of carboxylic acid groups (broad SMARTS) is 4. The highest BCUT2D eigenvalue weighted by Gasteiger charge is 2.20. The number of rotatable bonds is 6. The maximum Gasteiger partial charge on any atom is 0.336 e. The van der Waals surface area contributed by atoms with E-state index in [1.165, 1.54) is 30.4 Å². The number of hydrogen-bond acceptors (Lipinski definition) is 4. The molecule has 0 unspecified atom stereocenters. The van der Waals surface area contributed by atoms with Crippen LogP contribution >= 0.6 is 0 Å². The van der Waals surface area contributed by atoms with Gasteiger partial charge >= 0.3 is 23.9 Å². The molecule has 2 rings (SSSR count). The van der Waals surface area contributed by atoms with Crippen molar-refractivity contribution in [2.75, 3.05) is 0 Å².